The van der Waals surface area contributed by atoms with Crippen molar-refractivity contribution in [2.75, 3.05) is 5.73 Å². The highest BCUT2D eigenvalue weighted by Crippen LogP contribution is 2.37. The molecule has 21 heavy (non-hydrogen) atoms. The van der Waals surface area contributed by atoms with Crippen LogP contribution in [0.25, 0.3) is 0 Å². The first-order valence-electron chi connectivity index (χ1n) is 7.04. The molecule has 1 aliphatic heterocycles. The van der Waals surface area contributed by atoms with Crippen LogP contribution in [0.3, 0.4) is 0 Å². The van der Waals surface area contributed by atoms with Gasteiger partial charge in [-0.15, -0.1) is 11.8 Å². The molecule has 3 nitrogen and oxygen atoms in total. The van der Waals surface area contributed by atoms with Crippen LogP contribution in [0.2, 0.25) is 0 Å². The Hall–Kier alpha value is -1.94. The van der Waals surface area contributed by atoms with E-state index in [2.05, 4.69) is 17.4 Å². The Bertz CT molecular complexity index is 629. The number of rotatable bonds is 3. The first-order valence-corrected chi connectivity index (χ1v) is 7.92. The minimum absolute atomic E-state index is 0.0117. The van der Waals surface area contributed by atoms with Crippen LogP contribution >= 0.6 is 11.8 Å². The Balaban J connectivity index is 1.64. The summed E-state index contributed by atoms with van der Waals surface area (Å²) in [6, 6.07) is 15.8. The average Bonchev–Trinajstić information content (AvgIpc) is 2.92. The number of hydrogen-bond donors (Lipinski definition) is 2. The molecule has 0 aliphatic carbocycles. The Morgan fingerprint density at radius 2 is 1.95 bits per heavy atom. The summed E-state index contributed by atoms with van der Waals surface area (Å²) in [6.45, 7) is 2.00. The number of thioether (sulfide) groups is 1. The highest BCUT2D eigenvalue weighted by molar-refractivity contribution is 8.01. The predicted octanol–water partition coefficient (Wildman–Crippen LogP) is 3.16. The number of nitrogens with one attached hydrogen (secondary N) is 1. The zero-order valence-corrected chi connectivity index (χ0v) is 12.7. The van der Waals surface area contributed by atoms with E-state index in [0.717, 1.165) is 17.7 Å². The van der Waals surface area contributed by atoms with Gasteiger partial charge in [-0.05, 0) is 42.7 Å². The molecule has 3 rings (SSSR count). The summed E-state index contributed by atoms with van der Waals surface area (Å²) in [5, 5.41) is 3.06. The summed E-state index contributed by atoms with van der Waals surface area (Å²) >= 11 is 1.65. The van der Waals surface area contributed by atoms with Crippen LogP contribution in [0.15, 0.2) is 53.4 Å². The standard InChI is InChI=1S/C17H18N2OS/c1-11(12-6-8-14(18)9-7-12)19-17(20)16-10-13-4-2-3-5-15(13)21-16/h2-9,11,16H,10,18H2,1H3,(H,19,20). The molecule has 0 fully saturated rings. The molecule has 0 bridgehead atoms. The van der Waals surface area contributed by atoms with Gasteiger partial charge in [0.05, 0.1) is 11.3 Å². The minimum Gasteiger partial charge on any atom is -0.399 e. The molecule has 2 aromatic rings. The first kappa shape index (κ1) is 14.0. The highest BCUT2D eigenvalue weighted by Gasteiger charge is 2.28. The Morgan fingerprint density at radius 1 is 1.24 bits per heavy atom. The summed E-state index contributed by atoms with van der Waals surface area (Å²) in [7, 11) is 0. The van der Waals surface area contributed by atoms with Crippen LogP contribution in [0.4, 0.5) is 5.69 Å². The minimum atomic E-state index is -0.0290. The number of amides is 1. The van der Waals surface area contributed by atoms with Crippen molar-refractivity contribution in [1.82, 2.24) is 5.32 Å². The van der Waals surface area contributed by atoms with Gasteiger partial charge in [-0.25, -0.2) is 0 Å². The van der Waals surface area contributed by atoms with Crippen LogP contribution in [0.5, 0.6) is 0 Å². The van der Waals surface area contributed by atoms with Crippen molar-refractivity contribution in [3.8, 4) is 0 Å². The van der Waals surface area contributed by atoms with Crippen LogP contribution in [-0.2, 0) is 11.2 Å². The van der Waals surface area contributed by atoms with E-state index in [1.54, 1.807) is 11.8 Å². The summed E-state index contributed by atoms with van der Waals surface area (Å²) in [5.74, 6) is 0.0977. The van der Waals surface area contributed by atoms with E-state index in [0.29, 0.717) is 0 Å². The maximum Gasteiger partial charge on any atom is 0.234 e. The van der Waals surface area contributed by atoms with Gasteiger partial charge < -0.3 is 11.1 Å². The van der Waals surface area contributed by atoms with Gasteiger partial charge in [-0.1, -0.05) is 30.3 Å². The second-order valence-electron chi connectivity index (χ2n) is 5.32. The molecule has 1 aliphatic rings. The molecule has 1 amide bonds. The fraction of sp³-hybridized carbons (Fsp3) is 0.235. The molecule has 0 spiro atoms. The van der Waals surface area contributed by atoms with Crippen molar-refractivity contribution in [1.29, 1.82) is 0 Å². The molecule has 108 valence electrons. The SMILES string of the molecule is CC(NC(=O)C1Cc2ccccc2S1)c1ccc(N)cc1. The molecule has 2 atom stereocenters. The second kappa shape index (κ2) is 5.82. The van der Waals surface area contributed by atoms with Gasteiger partial charge in [0, 0.05) is 10.6 Å². The highest BCUT2D eigenvalue weighted by atomic mass is 32.2. The molecule has 2 aromatic carbocycles. The third-order valence-corrected chi connectivity index (χ3v) is 5.05. The molecule has 4 heteroatoms. The quantitative estimate of drug-likeness (QED) is 0.856. The van der Waals surface area contributed by atoms with E-state index in [-0.39, 0.29) is 17.2 Å². The van der Waals surface area contributed by atoms with Gasteiger partial charge in [-0.2, -0.15) is 0 Å². The van der Waals surface area contributed by atoms with Crippen molar-refractivity contribution in [2.45, 2.75) is 29.5 Å². The second-order valence-corrected chi connectivity index (χ2v) is 6.56. The molecule has 0 saturated carbocycles. The van der Waals surface area contributed by atoms with Crippen molar-refractivity contribution in [3.63, 3.8) is 0 Å². The lowest BCUT2D eigenvalue weighted by Crippen LogP contribution is -2.34. The van der Waals surface area contributed by atoms with Gasteiger partial charge >= 0.3 is 0 Å². The van der Waals surface area contributed by atoms with Crippen molar-refractivity contribution >= 4 is 23.4 Å². The predicted molar refractivity (Wildman–Crippen MR) is 87.2 cm³/mol. The summed E-state index contributed by atoms with van der Waals surface area (Å²) < 4.78 is 0. The van der Waals surface area contributed by atoms with Crippen LogP contribution in [0, 0.1) is 0 Å². The third kappa shape index (κ3) is 3.05. The lowest BCUT2D eigenvalue weighted by Gasteiger charge is -2.17. The summed E-state index contributed by atoms with van der Waals surface area (Å²) in [4.78, 5) is 13.6. The molecule has 0 aromatic heterocycles. The van der Waals surface area contributed by atoms with Crippen molar-refractivity contribution in [3.05, 3.63) is 59.7 Å². The van der Waals surface area contributed by atoms with E-state index in [9.17, 15) is 4.79 Å². The molecular weight excluding hydrogens is 280 g/mol. The summed E-state index contributed by atoms with van der Waals surface area (Å²) in [6.07, 6.45) is 0.807. The van der Waals surface area contributed by atoms with Crippen LogP contribution < -0.4 is 11.1 Å². The van der Waals surface area contributed by atoms with Crippen molar-refractivity contribution in [2.24, 2.45) is 0 Å². The van der Waals surface area contributed by atoms with Gasteiger partial charge in [0.25, 0.3) is 0 Å². The number of carbonyl (C=O) groups excluding carboxylic acids is 1. The van der Waals surface area contributed by atoms with Crippen molar-refractivity contribution < 1.29 is 4.79 Å². The smallest absolute Gasteiger partial charge is 0.234 e. The van der Waals surface area contributed by atoms with E-state index in [4.69, 9.17) is 5.73 Å². The number of hydrogen-bond acceptors (Lipinski definition) is 3. The fourth-order valence-corrected chi connectivity index (χ4v) is 3.71. The third-order valence-electron chi connectivity index (χ3n) is 3.73. The Kier molecular flexibility index (Phi) is 3.88. The zero-order valence-electron chi connectivity index (χ0n) is 11.9. The monoisotopic (exact) mass is 298 g/mol. The van der Waals surface area contributed by atoms with Gasteiger partial charge in [-0.3, -0.25) is 4.79 Å². The molecule has 2 unspecified atom stereocenters. The average molecular weight is 298 g/mol. The van der Waals surface area contributed by atoms with E-state index in [1.165, 1.54) is 10.5 Å². The topological polar surface area (TPSA) is 55.1 Å². The van der Waals surface area contributed by atoms with E-state index < -0.39 is 0 Å². The molecule has 0 radical (unpaired) electrons. The number of carbonyl (C=O) groups is 1. The van der Waals surface area contributed by atoms with Gasteiger partial charge in [0.2, 0.25) is 5.91 Å². The largest absolute Gasteiger partial charge is 0.399 e. The Morgan fingerprint density at radius 3 is 2.67 bits per heavy atom. The lowest BCUT2D eigenvalue weighted by atomic mass is 10.1. The first-order chi connectivity index (χ1) is 10.1. The summed E-state index contributed by atoms with van der Waals surface area (Å²) in [5.41, 5.74) is 8.76. The lowest BCUT2D eigenvalue weighted by molar-refractivity contribution is -0.121. The van der Waals surface area contributed by atoms with Gasteiger partial charge in [0.15, 0.2) is 0 Å². The maximum absolute atomic E-state index is 12.4. The zero-order chi connectivity index (χ0) is 14.8. The van der Waals surface area contributed by atoms with Crippen LogP contribution in [-0.4, -0.2) is 11.2 Å². The molecule has 0 saturated heterocycles. The molecule has 1 heterocycles. The fourth-order valence-electron chi connectivity index (χ4n) is 2.50. The number of fused-ring (bicyclic) bond motifs is 1. The van der Waals surface area contributed by atoms with Gasteiger partial charge in [0.1, 0.15) is 0 Å². The van der Waals surface area contributed by atoms with Crippen LogP contribution in [0.1, 0.15) is 24.1 Å². The number of benzene rings is 2. The van der Waals surface area contributed by atoms with E-state index >= 15 is 0 Å². The maximum atomic E-state index is 12.4. The van der Waals surface area contributed by atoms with E-state index in [1.807, 2.05) is 43.3 Å². The molecular formula is C17H18N2OS. The number of anilines is 1. The molecule has 3 N–H and O–H groups in total. The number of nitrogens with two attached hydrogens (primary N) is 1. The number of nitrogen functional groups attached to an aromatic ring is 1. The normalized spacial score (nSPS) is 18.0. The Labute approximate surface area is 128 Å².